The monoisotopic (exact) mass is 242 g/mol. The zero-order chi connectivity index (χ0) is 13.1. The van der Waals surface area contributed by atoms with Gasteiger partial charge in [0.05, 0.1) is 12.0 Å². The number of rotatable bonds is 5. The summed E-state index contributed by atoms with van der Waals surface area (Å²) in [6.45, 7) is 5.87. The molecular weight excluding hydrogens is 216 g/mol. The first-order valence-electron chi connectivity index (χ1n) is 6.42. The summed E-state index contributed by atoms with van der Waals surface area (Å²) in [6.07, 6.45) is 2.10. The Hall–Kier alpha value is -0.610. The Morgan fingerprint density at radius 1 is 1.41 bits per heavy atom. The van der Waals surface area contributed by atoms with Gasteiger partial charge >= 0.3 is 0 Å². The van der Waals surface area contributed by atoms with Gasteiger partial charge in [-0.15, -0.1) is 0 Å². The predicted octanol–water partition coefficient (Wildman–Crippen LogP) is 0.851. The maximum absolute atomic E-state index is 11.9. The van der Waals surface area contributed by atoms with Crippen molar-refractivity contribution in [1.29, 1.82) is 0 Å². The predicted molar refractivity (Wildman–Crippen MR) is 68.7 cm³/mol. The summed E-state index contributed by atoms with van der Waals surface area (Å²) in [5.74, 6) is -0.174. The standard InChI is InChI=1S/C13H26N2O2/c1-13(2,9-15(3)4)8-14-12(17)10-6-5-7-11(10)16/h10-11,16H,5-9H2,1-4H3,(H,14,17). The normalized spacial score (nSPS) is 25.3. The van der Waals surface area contributed by atoms with Crippen molar-refractivity contribution in [3.8, 4) is 0 Å². The fourth-order valence-corrected chi connectivity index (χ4v) is 2.62. The average molecular weight is 242 g/mol. The minimum Gasteiger partial charge on any atom is -0.392 e. The number of carbonyl (C=O) groups is 1. The average Bonchev–Trinajstić information content (AvgIpc) is 2.59. The van der Waals surface area contributed by atoms with Crippen molar-refractivity contribution in [3.63, 3.8) is 0 Å². The van der Waals surface area contributed by atoms with Gasteiger partial charge in [0, 0.05) is 13.1 Å². The first-order valence-corrected chi connectivity index (χ1v) is 6.42. The molecule has 100 valence electrons. The Balaban J connectivity index is 2.37. The molecule has 0 bridgehead atoms. The van der Waals surface area contributed by atoms with Crippen LogP contribution in [0, 0.1) is 11.3 Å². The molecule has 1 saturated carbocycles. The lowest BCUT2D eigenvalue weighted by molar-refractivity contribution is -0.128. The highest BCUT2D eigenvalue weighted by molar-refractivity contribution is 5.79. The minimum absolute atomic E-state index is 0.0156. The number of carbonyl (C=O) groups excluding carboxylic acids is 1. The molecule has 1 amide bonds. The largest absolute Gasteiger partial charge is 0.392 e. The fraction of sp³-hybridized carbons (Fsp3) is 0.923. The second-order valence-electron chi connectivity index (χ2n) is 6.22. The number of aliphatic hydroxyl groups is 1. The van der Waals surface area contributed by atoms with Crippen molar-refractivity contribution in [3.05, 3.63) is 0 Å². The molecular formula is C13H26N2O2. The lowest BCUT2D eigenvalue weighted by atomic mass is 9.92. The highest BCUT2D eigenvalue weighted by Gasteiger charge is 2.32. The van der Waals surface area contributed by atoms with E-state index in [9.17, 15) is 9.90 Å². The Bertz CT molecular complexity index is 264. The molecule has 0 aromatic heterocycles. The van der Waals surface area contributed by atoms with E-state index in [1.165, 1.54) is 0 Å². The van der Waals surface area contributed by atoms with E-state index in [1.807, 2.05) is 14.1 Å². The molecule has 2 N–H and O–H groups in total. The van der Waals surface area contributed by atoms with Gasteiger partial charge in [0.2, 0.25) is 5.91 Å². The quantitative estimate of drug-likeness (QED) is 0.751. The molecule has 2 unspecified atom stereocenters. The van der Waals surface area contributed by atoms with Crippen LogP contribution in [0.4, 0.5) is 0 Å². The summed E-state index contributed by atoms with van der Waals surface area (Å²) in [6, 6.07) is 0. The van der Waals surface area contributed by atoms with Gasteiger partial charge in [-0.3, -0.25) is 4.79 Å². The molecule has 4 heteroatoms. The number of amides is 1. The molecule has 0 aromatic rings. The first-order chi connectivity index (χ1) is 7.82. The molecule has 4 nitrogen and oxygen atoms in total. The second-order valence-corrected chi connectivity index (χ2v) is 6.22. The summed E-state index contributed by atoms with van der Waals surface area (Å²) >= 11 is 0. The van der Waals surface area contributed by atoms with Gasteiger partial charge in [-0.1, -0.05) is 13.8 Å². The van der Waals surface area contributed by atoms with E-state index in [0.29, 0.717) is 6.54 Å². The van der Waals surface area contributed by atoms with Gasteiger partial charge < -0.3 is 15.3 Å². The van der Waals surface area contributed by atoms with Crippen molar-refractivity contribution in [2.24, 2.45) is 11.3 Å². The third-order valence-corrected chi connectivity index (χ3v) is 3.30. The highest BCUT2D eigenvalue weighted by Crippen LogP contribution is 2.25. The molecule has 0 saturated heterocycles. The lowest BCUT2D eigenvalue weighted by Crippen LogP contribution is -2.43. The van der Waals surface area contributed by atoms with E-state index in [0.717, 1.165) is 25.8 Å². The maximum atomic E-state index is 11.9. The van der Waals surface area contributed by atoms with E-state index >= 15 is 0 Å². The van der Waals surface area contributed by atoms with Crippen LogP contribution in [-0.2, 0) is 4.79 Å². The van der Waals surface area contributed by atoms with Crippen LogP contribution >= 0.6 is 0 Å². The molecule has 0 heterocycles. The van der Waals surface area contributed by atoms with E-state index < -0.39 is 6.10 Å². The SMILES string of the molecule is CN(C)CC(C)(C)CNC(=O)C1CCCC1O. The molecule has 2 atom stereocenters. The zero-order valence-corrected chi connectivity index (χ0v) is 11.5. The van der Waals surface area contributed by atoms with E-state index in [2.05, 4.69) is 24.1 Å². The molecule has 17 heavy (non-hydrogen) atoms. The molecule has 0 aromatic carbocycles. The van der Waals surface area contributed by atoms with Gasteiger partial charge in [-0.25, -0.2) is 0 Å². The number of nitrogens with zero attached hydrogens (tertiary/aromatic N) is 1. The van der Waals surface area contributed by atoms with Crippen LogP contribution in [-0.4, -0.2) is 49.2 Å². The molecule has 1 rings (SSSR count). The first kappa shape index (κ1) is 14.5. The molecule has 0 radical (unpaired) electrons. The molecule has 0 spiro atoms. The molecule has 1 aliphatic rings. The van der Waals surface area contributed by atoms with Gasteiger partial charge in [0.25, 0.3) is 0 Å². The van der Waals surface area contributed by atoms with E-state index in [1.54, 1.807) is 0 Å². The summed E-state index contributed by atoms with van der Waals surface area (Å²) in [7, 11) is 4.06. The Morgan fingerprint density at radius 2 is 2.06 bits per heavy atom. The smallest absolute Gasteiger partial charge is 0.225 e. The lowest BCUT2D eigenvalue weighted by Gasteiger charge is -2.29. The molecule has 1 aliphatic carbocycles. The molecule has 1 fully saturated rings. The van der Waals surface area contributed by atoms with Crippen LogP contribution in [0.25, 0.3) is 0 Å². The summed E-state index contributed by atoms with van der Waals surface area (Å²) < 4.78 is 0. The number of hydrogen-bond donors (Lipinski definition) is 2. The second kappa shape index (κ2) is 5.83. The van der Waals surface area contributed by atoms with Crippen molar-refractivity contribution in [2.75, 3.05) is 27.2 Å². The number of aliphatic hydroxyl groups excluding tert-OH is 1. The topological polar surface area (TPSA) is 52.6 Å². The minimum atomic E-state index is -0.438. The van der Waals surface area contributed by atoms with Crippen LogP contribution in [0.5, 0.6) is 0 Å². The Labute approximate surface area is 104 Å². The van der Waals surface area contributed by atoms with Crippen molar-refractivity contribution >= 4 is 5.91 Å². The zero-order valence-electron chi connectivity index (χ0n) is 11.5. The van der Waals surface area contributed by atoms with Crippen LogP contribution in [0.2, 0.25) is 0 Å². The van der Waals surface area contributed by atoms with Gasteiger partial charge in [-0.05, 0) is 38.8 Å². The van der Waals surface area contributed by atoms with Crippen molar-refractivity contribution < 1.29 is 9.90 Å². The third-order valence-electron chi connectivity index (χ3n) is 3.30. The van der Waals surface area contributed by atoms with E-state index in [4.69, 9.17) is 0 Å². The van der Waals surface area contributed by atoms with Gasteiger partial charge in [0.15, 0.2) is 0 Å². The van der Waals surface area contributed by atoms with Gasteiger partial charge in [0.1, 0.15) is 0 Å². The van der Waals surface area contributed by atoms with E-state index in [-0.39, 0.29) is 17.2 Å². The third kappa shape index (κ3) is 4.64. The Kier molecular flexibility index (Phi) is 4.95. The molecule has 0 aliphatic heterocycles. The number of hydrogen-bond acceptors (Lipinski definition) is 3. The van der Waals surface area contributed by atoms with Crippen LogP contribution in [0.1, 0.15) is 33.1 Å². The van der Waals surface area contributed by atoms with Crippen LogP contribution in [0.15, 0.2) is 0 Å². The Morgan fingerprint density at radius 3 is 2.53 bits per heavy atom. The number of nitrogens with one attached hydrogen (secondary N) is 1. The summed E-state index contributed by atoms with van der Waals surface area (Å²) in [5.41, 5.74) is 0.0583. The van der Waals surface area contributed by atoms with Crippen LogP contribution < -0.4 is 5.32 Å². The maximum Gasteiger partial charge on any atom is 0.225 e. The van der Waals surface area contributed by atoms with Gasteiger partial charge in [-0.2, -0.15) is 0 Å². The van der Waals surface area contributed by atoms with Crippen LogP contribution in [0.3, 0.4) is 0 Å². The van der Waals surface area contributed by atoms with Crippen molar-refractivity contribution in [1.82, 2.24) is 10.2 Å². The summed E-state index contributed by atoms with van der Waals surface area (Å²) in [4.78, 5) is 14.0. The van der Waals surface area contributed by atoms with Crippen molar-refractivity contribution in [2.45, 2.75) is 39.2 Å². The highest BCUT2D eigenvalue weighted by atomic mass is 16.3. The summed E-state index contributed by atoms with van der Waals surface area (Å²) in [5, 5.41) is 12.6. The fourth-order valence-electron chi connectivity index (χ4n) is 2.62.